The number of phenols is 1. The molecule has 0 fully saturated rings. The van der Waals surface area contributed by atoms with Crippen molar-refractivity contribution in [3.8, 4) is 5.75 Å². The Balaban J connectivity index is 1.89. The van der Waals surface area contributed by atoms with Crippen molar-refractivity contribution in [3.63, 3.8) is 0 Å². The summed E-state index contributed by atoms with van der Waals surface area (Å²) in [6, 6.07) is 13.2. The van der Waals surface area contributed by atoms with Crippen LogP contribution >= 0.6 is 11.6 Å². The maximum Gasteiger partial charge on any atom is 0.342 e. The molecule has 2 aromatic rings. The van der Waals surface area contributed by atoms with E-state index in [1.54, 1.807) is 0 Å². The van der Waals surface area contributed by atoms with Gasteiger partial charge in [-0.3, -0.25) is 4.79 Å². The van der Waals surface area contributed by atoms with Crippen LogP contribution in [0.5, 0.6) is 5.75 Å². The Morgan fingerprint density at radius 2 is 1.91 bits per heavy atom. The molecule has 2 rings (SSSR count). The zero-order valence-electron chi connectivity index (χ0n) is 12.5. The van der Waals surface area contributed by atoms with E-state index in [9.17, 15) is 14.7 Å². The molecular weight excluding hydrogens is 318 g/mol. The molecule has 0 heterocycles. The van der Waals surface area contributed by atoms with E-state index in [1.807, 2.05) is 37.3 Å². The molecule has 2 N–H and O–H groups in total. The number of aromatic hydroxyl groups is 1. The topological polar surface area (TPSA) is 75.6 Å². The Morgan fingerprint density at radius 1 is 1.22 bits per heavy atom. The lowest BCUT2D eigenvalue weighted by molar-refractivity contribution is -0.124. The van der Waals surface area contributed by atoms with E-state index >= 15 is 0 Å². The highest BCUT2D eigenvalue weighted by atomic mass is 35.5. The lowest BCUT2D eigenvalue weighted by Gasteiger charge is -2.14. The predicted octanol–water partition coefficient (Wildman–Crippen LogP) is 3.08. The van der Waals surface area contributed by atoms with Crippen LogP contribution in [0.15, 0.2) is 48.5 Å². The molecule has 0 radical (unpaired) electrons. The zero-order chi connectivity index (χ0) is 16.8. The molecule has 0 aromatic heterocycles. The molecule has 0 aliphatic heterocycles. The molecule has 0 aliphatic carbocycles. The molecule has 0 saturated heterocycles. The van der Waals surface area contributed by atoms with Gasteiger partial charge < -0.3 is 15.2 Å². The van der Waals surface area contributed by atoms with Crippen molar-refractivity contribution >= 4 is 23.5 Å². The molecule has 0 aliphatic rings. The Morgan fingerprint density at radius 3 is 2.61 bits per heavy atom. The number of rotatable bonds is 5. The van der Waals surface area contributed by atoms with Crippen LogP contribution in [0.4, 0.5) is 0 Å². The van der Waals surface area contributed by atoms with Crippen molar-refractivity contribution in [1.82, 2.24) is 5.32 Å². The first-order valence-electron chi connectivity index (χ1n) is 6.97. The van der Waals surface area contributed by atoms with E-state index in [0.717, 1.165) is 5.56 Å². The van der Waals surface area contributed by atoms with Crippen LogP contribution in [0, 0.1) is 0 Å². The van der Waals surface area contributed by atoms with Crippen molar-refractivity contribution in [3.05, 3.63) is 64.7 Å². The summed E-state index contributed by atoms with van der Waals surface area (Å²) in [6.07, 6.45) is 0. The third-order valence-corrected chi connectivity index (χ3v) is 3.43. The fourth-order valence-electron chi connectivity index (χ4n) is 1.99. The highest BCUT2D eigenvalue weighted by molar-refractivity contribution is 6.31. The third kappa shape index (κ3) is 4.72. The zero-order valence-corrected chi connectivity index (χ0v) is 13.2. The largest absolute Gasteiger partial charge is 0.507 e. The van der Waals surface area contributed by atoms with Crippen LogP contribution in [0.3, 0.4) is 0 Å². The third-order valence-electron chi connectivity index (χ3n) is 3.19. The van der Waals surface area contributed by atoms with Gasteiger partial charge >= 0.3 is 5.97 Å². The number of esters is 1. The molecular formula is C17H16ClNO4. The van der Waals surface area contributed by atoms with Crippen molar-refractivity contribution in [1.29, 1.82) is 0 Å². The van der Waals surface area contributed by atoms with Gasteiger partial charge in [0.2, 0.25) is 0 Å². The highest BCUT2D eigenvalue weighted by Crippen LogP contribution is 2.22. The van der Waals surface area contributed by atoms with Crippen molar-refractivity contribution in [2.45, 2.75) is 13.0 Å². The molecule has 0 bridgehead atoms. The molecule has 120 valence electrons. The summed E-state index contributed by atoms with van der Waals surface area (Å²) in [7, 11) is 0. The molecule has 2 aromatic carbocycles. The van der Waals surface area contributed by atoms with E-state index in [1.165, 1.54) is 18.2 Å². The van der Waals surface area contributed by atoms with Gasteiger partial charge in [0.1, 0.15) is 11.3 Å². The van der Waals surface area contributed by atoms with E-state index in [2.05, 4.69) is 5.32 Å². The minimum Gasteiger partial charge on any atom is -0.507 e. The summed E-state index contributed by atoms with van der Waals surface area (Å²) < 4.78 is 4.89. The molecule has 1 amide bonds. The monoisotopic (exact) mass is 333 g/mol. The number of halogens is 1. The number of benzene rings is 2. The molecule has 0 spiro atoms. The summed E-state index contributed by atoms with van der Waals surface area (Å²) in [5.74, 6) is -1.50. The fourth-order valence-corrected chi connectivity index (χ4v) is 2.16. The lowest BCUT2D eigenvalue weighted by Crippen LogP contribution is -2.31. The summed E-state index contributed by atoms with van der Waals surface area (Å²) in [6.45, 7) is 1.39. The predicted molar refractivity (Wildman–Crippen MR) is 86.4 cm³/mol. The van der Waals surface area contributed by atoms with Crippen LogP contribution in [0.1, 0.15) is 28.9 Å². The summed E-state index contributed by atoms with van der Waals surface area (Å²) in [5.41, 5.74) is 0.862. The standard InChI is InChI=1S/C17H16ClNO4/c1-11(12-5-3-2-4-6-12)19-16(21)10-23-17(22)14-9-13(18)7-8-15(14)20/h2-9,11,20H,10H2,1H3,(H,19,21). The van der Waals surface area contributed by atoms with Gasteiger partial charge in [-0.15, -0.1) is 0 Å². The lowest BCUT2D eigenvalue weighted by atomic mass is 10.1. The average Bonchev–Trinajstić information content (AvgIpc) is 2.55. The summed E-state index contributed by atoms with van der Waals surface area (Å²) in [5, 5.41) is 12.6. The number of nitrogens with one attached hydrogen (secondary N) is 1. The van der Waals surface area contributed by atoms with E-state index in [4.69, 9.17) is 16.3 Å². The SMILES string of the molecule is CC(NC(=O)COC(=O)c1cc(Cl)ccc1O)c1ccccc1. The van der Waals surface area contributed by atoms with Gasteiger partial charge in [0.15, 0.2) is 6.61 Å². The number of phenolic OH excluding ortho intramolecular Hbond substituents is 1. The number of ether oxygens (including phenoxy) is 1. The molecule has 5 nitrogen and oxygen atoms in total. The molecule has 1 unspecified atom stereocenters. The molecule has 1 atom stereocenters. The van der Waals surface area contributed by atoms with Gasteiger partial charge in [0.05, 0.1) is 6.04 Å². The average molecular weight is 334 g/mol. The van der Waals surface area contributed by atoms with Gasteiger partial charge in [-0.2, -0.15) is 0 Å². The van der Waals surface area contributed by atoms with Gasteiger partial charge in [-0.1, -0.05) is 41.9 Å². The number of hydrogen-bond donors (Lipinski definition) is 2. The first-order chi connectivity index (χ1) is 11.0. The quantitative estimate of drug-likeness (QED) is 0.824. The molecule has 6 heteroatoms. The smallest absolute Gasteiger partial charge is 0.342 e. The van der Waals surface area contributed by atoms with Crippen LogP contribution in [0.25, 0.3) is 0 Å². The second kappa shape index (κ2) is 7.65. The van der Waals surface area contributed by atoms with Crippen LogP contribution in [0.2, 0.25) is 5.02 Å². The van der Waals surface area contributed by atoms with Crippen molar-refractivity contribution in [2.75, 3.05) is 6.61 Å². The van der Waals surface area contributed by atoms with E-state index < -0.39 is 18.5 Å². The minimum absolute atomic E-state index is 0.0820. The number of amides is 1. The fraction of sp³-hybridized carbons (Fsp3) is 0.176. The summed E-state index contributed by atoms with van der Waals surface area (Å²) >= 11 is 5.76. The summed E-state index contributed by atoms with van der Waals surface area (Å²) in [4.78, 5) is 23.7. The maximum absolute atomic E-state index is 11.9. The Labute approximate surface area is 138 Å². The van der Waals surface area contributed by atoms with Crippen LogP contribution < -0.4 is 5.32 Å². The number of carbonyl (C=O) groups excluding carboxylic acids is 2. The second-order valence-electron chi connectivity index (χ2n) is 4.94. The van der Waals surface area contributed by atoms with Crippen LogP contribution in [-0.2, 0) is 9.53 Å². The van der Waals surface area contributed by atoms with E-state index in [-0.39, 0.29) is 22.4 Å². The number of hydrogen-bond acceptors (Lipinski definition) is 4. The first-order valence-corrected chi connectivity index (χ1v) is 7.35. The van der Waals surface area contributed by atoms with Crippen molar-refractivity contribution in [2.24, 2.45) is 0 Å². The minimum atomic E-state index is -0.812. The maximum atomic E-state index is 11.9. The van der Waals surface area contributed by atoms with Gasteiger partial charge in [-0.05, 0) is 30.7 Å². The van der Waals surface area contributed by atoms with Gasteiger partial charge in [0.25, 0.3) is 5.91 Å². The van der Waals surface area contributed by atoms with E-state index in [0.29, 0.717) is 0 Å². The van der Waals surface area contributed by atoms with Gasteiger partial charge in [0, 0.05) is 5.02 Å². The highest BCUT2D eigenvalue weighted by Gasteiger charge is 2.16. The Kier molecular flexibility index (Phi) is 5.60. The molecule has 0 saturated carbocycles. The van der Waals surface area contributed by atoms with Crippen molar-refractivity contribution < 1.29 is 19.4 Å². The first kappa shape index (κ1) is 16.8. The normalized spacial score (nSPS) is 11.6. The van der Waals surface area contributed by atoms with Crippen LogP contribution in [-0.4, -0.2) is 23.6 Å². The second-order valence-corrected chi connectivity index (χ2v) is 5.37. The Hall–Kier alpha value is -2.53. The van der Waals surface area contributed by atoms with Gasteiger partial charge in [-0.25, -0.2) is 4.79 Å². The Bertz CT molecular complexity index is 703. The molecule has 23 heavy (non-hydrogen) atoms. The number of carbonyl (C=O) groups is 2.